The highest BCUT2D eigenvalue weighted by atomic mass is 32.2. The quantitative estimate of drug-likeness (QED) is 0.564. The van der Waals surface area contributed by atoms with Crippen molar-refractivity contribution in [2.75, 3.05) is 5.94 Å². The Morgan fingerprint density at radius 1 is 1.43 bits per heavy atom. The number of rotatable bonds is 4. The van der Waals surface area contributed by atoms with Gasteiger partial charge in [0.25, 0.3) is 5.94 Å². The number of carbonyl (C=O) groups is 1. The van der Waals surface area contributed by atoms with Crippen LogP contribution in [0.2, 0.25) is 0 Å². The van der Waals surface area contributed by atoms with Gasteiger partial charge in [0.05, 0.1) is 0 Å². The lowest BCUT2D eigenvalue weighted by Crippen LogP contribution is -2.13. The highest BCUT2D eigenvalue weighted by Gasteiger charge is 2.11. The fourth-order valence-corrected chi connectivity index (χ4v) is 1.70. The molecule has 0 aliphatic carbocycles. The molecule has 0 saturated heterocycles. The molecule has 3 nitrogen and oxygen atoms in total. The molecule has 1 rings (SSSR count). The molecule has 0 aliphatic rings. The Labute approximate surface area is 86.3 Å². The monoisotopic (exact) mass is 212 g/mol. The van der Waals surface area contributed by atoms with Gasteiger partial charge in [0.2, 0.25) is 0 Å². The van der Waals surface area contributed by atoms with Gasteiger partial charge in [-0.3, -0.25) is 4.79 Å². The Hall–Kier alpha value is -1.00. The molecule has 0 heterocycles. The first-order valence-corrected chi connectivity index (χ1v) is 5.65. The smallest absolute Gasteiger partial charge is 0.309 e. The highest BCUT2D eigenvalue weighted by molar-refractivity contribution is 7.91. The fourth-order valence-electron chi connectivity index (χ4n) is 0.862. The van der Waals surface area contributed by atoms with Crippen LogP contribution >= 0.6 is 0 Å². The van der Waals surface area contributed by atoms with Crippen LogP contribution < -0.4 is 0 Å². The van der Waals surface area contributed by atoms with Crippen molar-refractivity contribution in [3.63, 3.8) is 0 Å². The van der Waals surface area contributed by atoms with E-state index in [-0.39, 0.29) is 11.9 Å². The second kappa shape index (κ2) is 5.67. The minimum atomic E-state index is -1.25. The first-order chi connectivity index (χ1) is 6.74. The molecule has 14 heavy (non-hydrogen) atoms. The number of benzene rings is 1. The van der Waals surface area contributed by atoms with Gasteiger partial charge >= 0.3 is 5.97 Å². The summed E-state index contributed by atoms with van der Waals surface area (Å²) in [6.45, 7) is 1.70. The zero-order valence-electron chi connectivity index (χ0n) is 7.93. The van der Waals surface area contributed by atoms with E-state index < -0.39 is 11.2 Å². The van der Waals surface area contributed by atoms with Gasteiger partial charge in [0.15, 0.2) is 4.90 Å². The van der Waals surface area contributed by atoms with E-state index in [0.29, 0.717) is 11.3 Å². The summed E-state index contributed by atoms with van der Waals surface area (Å²) >= 11 is -1.25. The number of ether oxygens (including phenoxy) is 1. The van der Waals surface area contributed by atoms with Gasteiger partial charge in [0, 0.05) is 17.6 Å². The second-order valence-corrected chi connectivity index (χ2v) is 4.04. The lowest BCUT2D eigenvalue weighted by Gasteiger charge is -2.09. The number of esters is 1. The van der Waals surface area contributed by atoms with E-state index in [9.17, 15) is 9.35 Å². The van der Waals surface area contributed by atoms with Gasteiger partial charge in [-0.25, -0.2) is 0 Å². The minimum absolute atomic E-state index is 0.0588. The van der Waals surface area contributed by atoms with Gasteiger partial charge < -0.3 is 9.29 Å². The summed E-state index contributed by atoms with van der Waals surface area (Å²) in [5.74, 6) is -0.384. The maximum atomic E-state index is 11.5. The summed E-state index contributed by atoms with van der Waals surface area (Å²) in [5.41, 5.74) is 0. The SMILES string of the molecule is CCC(=O)OC[S+]([O-])c1ccccc1. The van der Waals surface area contributed by atoms with Crippen LogP contribution in [-0.2, 0) is 20.7 Å². The molecule has 0 aliphatic heterocycles. The van der Waals surface area contributed by atoms with Crippen molar-refractivity contribution < 1.29 is 14.1 Å². The number of hydrogen-bond acceptors (Lipinski definition) is 3. The van der Waals surface area contributed by atoms with Crippen LogP contribution in [0.1, 0.15) is 13.3 Å². The third kappa shape index (κ3) is 3.40. The van der Waals surface area contributed by atoms with Gasteiger partial charge in [-0.05, 0) is 12.1 Å². The summed E-state index contributed by atoms with van der Waals surface area (Å²) in [6, 6.07) is 8.94. The molecule has 1 unspecified atom stereocenters. The Bertz CT molecular complexity index is 287. The molecule has 0 bridgehead atoms. The van der Waals surface area contributed by atoms with E-state index in [1.165, 1.54) is 0 Å². The first-order valence-electron chi connectivity index (χ1n) is 4.33. The summed E-state index contributed by atoms with van der Waals surface area (Å²) in [4.78, 5) is 11.5. The van der Waals surface area contributed by atoms with Crippen molar-refractivity contribution in [3.05, 3.63) is 30.3 Å². The van der Waals surface area contributed by atoms with Crippen LogP contribution in [0.4, 0.5) is 0 Å². The third-order valence-electron chi connectivity index (χ3n) is 1.62. The first kappa shape index (κ1) is 11.1. The number of carbonyl (C=O) groups excluding carboxylic acids is 1. The van der Waals surface area contributed by atoms with Crippen molar-refractivity contribution in [2.45, 2.75) is 18.2 Å². The average Bonchev–Trinajstić information content (AvgIpc) is 2.26. The van der Waals surface area contributed by atoms with E-state index in [1.54, 1.807) is 31.2 Å². The molecule has 1 aromatic rings. The van der Waals surface area contributed by atoms with Crippen LogP contribution in [0, 0.1) is 0 Å². The molecule has 0 amide bonds. The molecule has 0 saturated carbocycles. The molecule has 1 atom stereocenters. The number of hydrogen-bond donors (Lipinski definition) is 0. The maximum Gasteiger partial charge on any atom is 0.309 e. The predicted molar refractivity (Wildman–Crippen MR) is 54.1 cm³/mol. The van der Waals surface area contributed by atoms with Crippen molar-refractivity contribution in [2.24, 2.45) is 0 Å². The van der Waals surface area contributed by atoms with Crippen LogP contribution in [0.5, 0.6) is 0 Å². The Balaban J connectivity index is 2.43. The van der Waals surface area contributed by atoms with Gasteiger partial charge in [-0.2, -0.15) is 0 Å². The zero-order chi connectivity index (χ0) is 10.4. The fraction of sp³-hybridized carbons (Fsp3) is 0.300. The maximum absolute atomic E-state index is 11.5. The van der Waals surface area contributed by atoms with Gasteiger partial charge in [-0.1, -0.05) is 25.1 Å². The topological polar surface area (TPSA) is 49.4 Å². The second-order valence-electron chi connectivity index (χ2n) is 2.65. The van der Waals surface area contributed by atoms with Gasteiger partial charge in [0.1, 0.15) is 0 Å². The molecular formula is C10H12O3S. The molecule has 4 heteroatoms. The molecule has 0 spiro atoms. The Kier molecular flexibility index (Phi) is 4.49. The van der Waals surface area contributed by atoms with Crippen LogP contribution in [-0.4, -0.2) is 16.5 Å². The van der Waals surface area contributed by atoms with Crippen molar-refractivity contribution in [1.29, 1.82) is 0 Å². The van der Waals surface area contributed by atoms with Gasteiger partial charge in [-0.15, -0.1) is 0 Å². The van der Waals surface area contributed by atoms with E-state index in [2.05, 4.69) is 0 Å². The Morgan fingerprint density at radius 3 is 2.64 bits per heavy atom. The molecule has 0 aromatic heterocycles. The van der Waals surface area contributed by atoms with E-state index in [0.717, 1.165) is 0 Å². The van der Waals surface area contributed by atoms with Crippen LogP contribution in [0.25, 0.3) is 0 Å². The van der Waals surface area contributed by atoms with Crippen LogP contribution in [0.3, 0.4) is 0 Å². The summed E-state index contributed by atoms with van der Waals surface area (Å²) in [7, 11) is 0. The lowest BCUT2D eigenvalue weighted by atomic mass is 10.4. The summed E-state index contributed by atoms with van der Waals surface area (Å²) in [5, 5.41) is 0. The molecule has 76 valence electrons. The summed E-state index contributed by atoms with van der Waals surface area (Å²) in [6.07, 6.45) is 0.311. The van der Waals surface area contributed by atoms with Crippen molar-refractivity contribution >= 4 is 17.1 Å². The molecular weight excluding hydrogens is 200 g/mol. The molecule has 1 aromatic carbocycles. The molecule has 0 N–H and O–H groups in total. The van der Waals surface area contributed by atoms with E-state index >= 15 is 0 Å². The Morgan fingerprint density at radius 2 is 2.07 bits per heavy atom. The third-order valence-corrected chi connectivity index (χ3v) is 2.75. The zero-order valence-corrected chi connectivity index (χ0v) is 8.75. The summed E-state index contributed by atoms with van der Waals surface area (Å²) < 4.78 is 16.3. The van der Waals surface area contributed by atoms with E-state index in [4.69, 9.17) is 4.74 Å². The minimum Gasteiger partial charge on any atom is -0.609 e. The largest absolute Gasteiger partial charge is 0.609 e. The van der Waals surface area contributed by atoms with E-state index in [1.807, 2.05) is 6.07 Å². The van der Waals surface area contributed by atoms with Crippen molar-refractivity contribution in [3.8, 4) is 0 Å². The van der Waals surface area contributed by atoms with Crippen molar-refractivity contribution in [1.82, 2.24) is 0 Å². The molecule has 0 fully saturated rings. The standard InChI is InChI=1S/C10H12O3S/c1-2-10(11)13-8-14(12)9-6-4-3-5-7-9/h3-7H,2,8H2,1H3. The molecule has 0 radical (unpaired) electrons. The normalized spacial score (nSPS) is 12.1. The van der Waals surface area contributed by atoms with Crippen LogP contribution in [0.15, 0.2) is 35.2 Å². The highest BCUT2D eigenvalue weighted by Crippen LogP contribution is 2.10. The average molecular weight is 212 g/mol. The predicted octanol–water partition coefficient (Wildman–Crippen LogP) is 1.70. The lowest BCUT2D eigenvalue weighted by molar-refractivity contribution is -0.141.